The molecule has 1 aromatic carbocycles. The number of carbonyl (C=O) groups excluding carboxylic acids is 1. The SMILES string of the molecule is CC1(C(=O)NCC(O)c2ccc(N)cc2)CCCCC1. The molecule has 1 aromatic rings. The van der Waals surface area contributed by atoms with Crippen LogP contribution in [0.15, 0.2) is 24.3 Å². The molecule has 1 aliphatic rings. The number of aliphatic hydroxyl groups is 1. The van der Waals surface area contributed by atoms with Crippen LogP contribution in [0.5, 0.6) is 0 Å². The van der Waals surface area contributed by atoms with Crippen LogP contribution in [-0.4, -0.2) is 17.6 Å². The lowest BCUT2D eigenvalue weighted by atomic mass is 9.75. The van der Waals surface area contributed by atoms with Gasteiger partial charge in [0.2, 0.25) is 5.91 Å². The highest BCUT2D eigenvalue weighted by Gasteiger charge is 2.34. The zero-order valence-electron chi connectivity index (χ0n) is 12.1. The summed E-state index contributed by atoms with van der Waals surface area (Å²) in [6, 6.07) is 7.08. The molecule has 0 bridgehead atoms. The standard InChI is InChI=1S/C16H24N2O2/c1-16(9-3-2-4-10-16)15(20)18-11-14(19)12-5-7-13(17)8-6-12/h5-8,14,19H,2-4,9-11,17H2,1H3,(H,18,20). The van der Waals surface area contributed by atoms with E-state index in [1.165, 1.54) is 6.42 Å². The van der Waals surface area contributed by atoms with Gasteiger partial charge in [-0.15, -0.1) is 0 Å². The number of anilines is 1. The maximum Gasteiger partial charge on any atom is 0.226 e. The van der Waals surface area contributed by atoms with E-state index >= 15 is 0 Å². The van der Waals surface area contributed by atoms with Gasteiger partial charge in [-0.2, -0.15) is 0 Å². The van der Waals surface area contributed by atoms with Crippen molar-refractivity contribution < 1.29 is 9.90 Å². The quantitative estimate of drug-likeness (QED) is 0.739. The first kappa shape index (κ1) is 14.9. The lowest BCUT2D eigenvalue weighted by Crippen LogP contribution is -2.41. The molecule has 4 heteroatoms. The number of aliphatic hydroxyl groups excluding tert-OH is 1. The molecule has 1 saturated carbocycles. The first-order valence-corrected chi connectivity index (χ1v) is 7.33. The summed E-state index contributed by atoms with van der Waals surface area (Å²) in [4.78, 5) is 12.3. The molecule has 4 nitrogen and oxygen atoms in total. The Bertz CT molecular complexity index is 450. The molecule has 1 fully saturated rings. The average Bonchev–Trinajstić information content (AvgIpc) is 2.46. The number of nitrogens with two attached hydrogens (primary N) is 1. The highest BCUT2D eigenvalue weighted by atomic mass is 16.3. The van der Waals surface area contributed by atoms with Crippen LogP contribution in [0.25, 0.3) is 0 Å². The van der Waals surface area contributed by atoms with Gasteiger partial charge in [0, 0.05) is 17.6 Å². The van der Waals surface area contributed by atoms with E-state index < -0.39 is 6.10 Å². The van der Waals surface area contributed by atoms with Crippen molar-refractivity contribution in [3.05, 3.63) is 29.8 Å². The van der Waals surface area contributed by atoms with Crippen LogP contribution >= 0.6 is 0 Å². The molecule has 0 saturated heterocycles. The lowest BCUT2D eigenvalue weighted by molar-refractivity contribution is -0.132. The summed E-state index contributed by atoms with van der Waals surface area (Å²) in [6.07, 6.45) is 4.64. The van der Waals surface area contributed by atoms with Crippen molar-refractivity contribution in [1.29, 1.82) is 0 Å². The number of hydrogen-bond donors (Lipinski definition) is 3. The van der Waals surface area contributed by atoms with Crippen LogP contribution in [0.1, 0.15) is 50.7 Å². The van der Waals surface area contributed by atoms with E-state index in [-0.39, 0.29) is 17.9 Å². The zero-order chi connectivity index (χ0) is 14.6. The number of amides is 1. The summed E-state index contributed by atoms with van der Waals surface area (Å²) in [5.74, 6) is 0.0618. The number of rotatable bonds is 4. The van der Waals surface area contributed by atoms with Crippen LogP contribution in [-0.2, 0) is 4.79 Å². The van der Waals surface area contributed by atoms with E-state index in [0.29, 0.717) is 5.69 Å². The Morgan fingerprint density at radius 2 is 1.90 bits per heavy atom. The Morgan fingerprint density at radius 3 is 2.50 bits per heavy atom. The summed E-state index contributed by atoms with van der Waals surface area (Å²) in [5, 5.41) is 13.0. The third-order valence-corrected chi connectivity index (χ3v) is 4.28. The lowest BCUT2D eigenvalue weighted by Gasteiger charge is -2.32. The predicted molar refractivity (Wildman–Crippen MR) is 80.0 cm³/mol. The molecule has 0 aliphatic heterocycles. The summed E-state index contributed by atoms with van der Waals surface area (Å²) >= 11 is 0. The topological polar surface area (TPSA) is 75.3 Å². The second kappa shape index (κ2) is 6.27. The fourth-order valence-corrected chi connectivity index (χ4v) is 2.80. The highest BCUT2D eigenvalue weighted by Crippen LogP contribution is 2.35. The van der Waals surface area contributed by atoms with Crippen LogP contribution in [0.4, 0.5) is 5.69 Å². The van der Waals surface area contributed by atoms with Gasteiger partial charge in [-0.05, 0) is 30.5 Å². The summed E-state index contributed by atoms with van der Waals surface area (Å²) in [7, 11) is 0. The van der Waals surface area contributed by atoms with Gasteiger partial charge in [-0.1, -0.05) is 38.3 Å². The van der Waals surface area contributed by atoms with Gasteiger partial charge in [-0.3, -0.25) is 4.79 Å². The molecule has 1 unspecified atom stereocenters. The third kappa shape index (κ3) is 3.51. The van der Waals surface area contributed by atoms with Gasteiger partial charge < -0.3 is 16.2 Å². The minimum Gasteiger partial charge on any atom is -0.399 e. The number of benzene rings is 1. The smallest absolute Gasteiger partial charge is 0.226 e. The van der Waals surface area contributed by atoms with Crippen molar-refractivity contribution in [2.75, 3.05) is 12.3 Å². The maximum absolute atomic E-state index is 12.3. The van der Waals surface area contributed by atoms with Crippen molar-refractivity contribution in [2.45, 2.75) is 45.1 Å². The normalized spacial score (nSPS) is 19.3. The molecule has 4 N–H and O–H groups in total. The van der Waals surface area contributed by atoms with Gasteiger partial charge in [-0.25, -0.2) is 0 Å². The molecule has 20 heavy (non-hydrogen) atoms. The maximum atomic E-state index is 12.3. The van der Waals surface area contributed by atoms with E-state index in [4.69, 9.17) is 5.73 Å². The fraction of sp³-hybridized carbons (Fsp3) is 0.562. The molecule has 1 atom stereocenters. The van der Waals surface area contributed by atoms with Crippen molar-refractivity contribution in [1.82, 2.24) is 5.32 Å². The molecule has 1 amide bonds. The molecule has 1 aliphatic carbocycles. The second-order valence-electron chi connectivity index (χ2n) is 6.01. The van der Waals surface area contributed by atoms with Gasteiger partial charge in [0.25, 0.3) is 0 Å². The molecule has 0 spiro atoms. The first-order chi connectivity index (χ1) is 9.51. The molecule has 0 heterocycles. The van der Waals surface area contributed by atoms with Crippen LogP contribution in [0.2, 0.25) is 0 Å². The van der Waals surface area contributed by atoms with E-state index in [2.05, 4.69) is 5.32 Å². The molecule has 2 rings (SSSR count). The number of carbonyl (C=O) groups is 1. The van der Waals surface area contributed by atoms with E-state index in [9.17, 15) is 9.90 Å². The largest absolute Gasteiger partial charge is 0.399 e. The molecule has 0 aromatic heterocycles. The Labute approximate surface area is 120 Å². The Morgan fingerprint density at radius 1 is 1.30 bits per heavy atom. The van der Waals surface area contributed by atoms with Gasteiger partial charge in [0.05, 0.1) is 6.10 Å². The third-order valence-electron chi connectivity index (χ3n) is 4.28. The number of hydrogen-bond acceptors (Lipinski definition) is 3. The van der Waals surface area contributed by atoms with Crippen LogP contribution < -0.4 is 11.1 Å². The highest BCUT2D eigenvalue weighted by molar-refractivity contribution is 5.82. The average molecular weight is 276 g/mol. The molecular formula is C16H24N2O2. The zero-order valence-corrected chi connectivity index (χ0v) is 12.1. The van der Waals surface area contributed by atoms with Gasteiger partial charge in [0.15, 0.2) is 0 Å². The van der Waals surface area contributed by atoms with Crippen LogP contribution in [0, 0.1) is 5.41 Å². The molecule has 0 radical (unpaired) electrons. The summed E-state index contributed by atoms with van der Waals surface area (Å²) in [5.41, 5.74) is 6.79. The van der Waals surface area contributed by atoms with E-state index in [1.54, 1.807) is 24.3 Å². The fourth-order valence-electron chi connectivity index (χ4n) is 2.80. The second-order valence-corrected chi connectivity index (χ2v) is 6.01. The summed E-state index contributed by atoms with van der Waals surface area (Å²) in [6.45, 7) is 2.27. The molecule has 110 valence electrons. The number of nitrogen functional groups attached to an aromatic ring is 1. The van der Waals surface area contributed by atoms with Gasteiger partial charge >= 0.3 is 0 Å². The number of nitrogens with one attached hydrogen (secondary N) is 1. The predicted octanol–water partition coefficient (Wildman–Crippen LogP) is 2.39. The minimum atomic E-state index is -0.688. The first-order valence-electron chi connectivity index (χ1n) is 7.33. The minimum absolute atomic E-state index is 0.0618. The molecular weight excluding hydrogens is 252 g/mol. The van der Waals surface area contributed by atoms with Crippen molar-refractivity contribution >= 4 is 11.6 Å². The van der Waals surface area contributed by atoms with E-state index in [1.807, 2.05) is 6.92 Å². The van der Waals surface area contributed by atoms with Gasteiger partial charge in [0.1, 0.15) is 0 Å². The Balaban J connectivity index is 1.88. The Kier molecular flexibility index (Phi) is 4.65. The van der Waals surface area contributed by atoms with Crippen molar-refractivity contribution in [2.24, 2.45) is 5.41 Å². The van der Waals surface area contributed by atoms with Crippen molar-refractivity contribution in [3.8, 4) is 0 Å². The van der Waals surface area contributed by atoms with Crippen molar-refractivity contribution in [3.63, 3.8) is 0 Å². The summed E-state index contributed by atoms with van der Waals surface area (Å²) < 4.78 is 0. The Hall–Kier alpha value is -1.55. The van der Waals surface area contributed by atoms with Crippen LogP contribution in [0.3, 0.4) is 0 Å². The van der Waals surface area contributed by atoms with E-state index in [0.717, 1.165) is 31.2 Å². The monoisotopic (exact) mass is 276 g/mol.